The summed E-state index contributed by atoms with van der Waals surface area (Å²) >= 11 is 0. The normalized spacial score (nSPS) is 13.1. The molecule has 0 heterocycles. The molecule has 0 rings (SSSR count). The van der Waals surface area contributed by atoms with Gasteiger partial charge in [0.15, 0.2) is 9.84 Å². The van der Waals surface area contributed by atoms with E-state index >= 15 is 0 Å². The predicted molar refractivity (Wildman–Crippen MR) is 58.8 cm³/mol. The summed E-state index contributed by atoms with van der Waals surface area (Å²) < 4.78 is 21.7. The van der Waals surface area contributed by atoms with Crippen molar-refractivity contribution in [3.05, 3.63) is 0 Å². The Hall–Kier alpha value is -1.11. The molecule has 0 saturated heterocycles. The second-order valence-electron chi connectivity index (χ2n) is 3.72. The van der Waals surface area contributed by atoms with Gasteiger partial charge in [-0.15, -0.1) is 0 Å². The van der Waals surface area contributed by atoms with E-state index in [0.717, 1.165) is 12.7 Å². The highest BCUT2D eigenvalue weighted by Crippen LogP contribution is 2.02. The molecule has 0 radical (unpaired) electrons. The second-order valence-corrected chi connectivity index (χ2v) is 5.86. The van der Waals surface area contributed by atoms with E-state index in [-0.39, 0.29) is 6.42 Å². The van der Waals surface area contributed by atoms with Crippen molar-refractivity contribution in [2.75, 3.05) is 12.0 Å². The fourth-order valence-electron chi connectivity index (χ4n) is 1.29. The van der Waals surface area contributed by atoms with Gasteiger partial charge >= 0.3 is 5.97 Å². The standard InChI is InChI=1S/C9H17NO5S/c1-3-4-7(5-9(12)13)10-8(11)6-16(2,14)15/h7H,3-6H2,1-2H3,(H,10,11)(H,12,13). The molecule has 16 heavy (non-hydrogen) atoms. The SMILES string of the molecule is CCCC(CC(=O)O)NC(=O)CS(C)(=O)=O. The fraction of sp³-hybridized carbons (Fsp3) is 0.778. The van der Waals surface area contributed by atoms with Gasteiger partial charge in [0.25, 0.3) is 0 Å². The van der Waals surface area contributed by atoms with Crippen LogP contribution in [-0.4, -0.2) is 43.5 Å². The van der Waals surface area contributed by atoms with E-state index in [1.807, 2.05) is 6.92 Å². The van der Waals surface area contributed by atoms with E-state index in [1.54, 1.807) is 0 Å². The molecule has 1 unspecified atom stereocenters. The molecule has 7 heteroatoms. The average molecular weight is 251 g/mol. The maximum absolute atomic E-state index is 11.2. The van der Waals surface area contributed by atoms with Gasteiger partial charge in [0.2, 0.25) is 5.91 Å². The van der Waals surface area contributed by atoms with E-state index in [2.05, 4.69) is 5.32 Å². The van der Waals surface area contributed by atoms with Gasteiger partial charge in [-0.05, 0) is 6.42 Å². The van der Waals surface area contributed by atoms with Crippen LogP contribution in [0.2, 0.25) is 0 Å². The van der Waals surface area contributed by atoms with Crippen molar-refractivity contribution in [2.45, 2.75) is 32.2 Å². The number of carboxylic acid groups (broad SMARTS) is 1. The van der Waals surface area contributed by atoms with Gasteiger partial charge in [-0.25, -0.2) is 8.42 Å². The van der Waals surface area contributed by atoms with Gasteiger partial charge in [0.1, 0.15) is 5.75 Å². The van der Waals surface area contributed by atoms with Crippen LogP contribution in [0.5, 0.6) is 0 Å². The fourth-order valence-corrected chi connectivity index (χ4v) is 1.85. The first kappa shape index (κ1) is 14.9. The van der Waals surface area contributed by atoms with E-state index in [9.17, 15) is 18.0 Å². The average Bonchev–Trinajstić information content (AvgIpc) is 1.98. The van der Waals surface area contributed by atoms with Crippen LogP contribution in [0.3, 0.4) is 0 Å². The number of rotatable bonds is 7. The molecular weight excluding hydrogens is 234 g/mol. The molecule has 0 fully saturated rings. The molecule has 0 aromatic carbocycles. The van der Waals surface area contributed by atoms with Crippen molar-refractivity contribution in [3.63, 3.8) is 0 Å². The van der Waals surface area contributed by atoms with Crippen molar-refractivity contribution in [2.24, 2.45) is 0 Å². The summed E-state index contributed by atoms with van der Waals surface area (Å²) in [6.45, 7) is 1.86. The molecule has 0 aliphatic rings. The number of carbonyl (C=O) groups is 2. The van der Waals surface area contributed by atoms with Crippen molar-refractivity contribution in [1.82, 2.24) is 5.32 Å². The van der Waals surface area contributed by atoms with Crippen molar-refractivity contribution in [1.29, 1.82) is 0 Å². The van der Waals surface area contributed by atoms with Crippen molar-refractivity contribution in [3.8, 4) is 0 Å². The zero-order valence-corrected chi connectivity index (χ0v) is 10.2. The number of aliphatic carboxylic acids is 1. The number of nitrogens with one attached hydrogen (secondary N) is 1. The molecule has 0 aromatic heterocycles. The maximum Gasteiger partial charge on any atom is 0.305 e. The zero-order valence-electron chi connectivity index (χ0n) is 9.39. The minimum absolute atomic E-state index is 0.191. The smallest absolute Gasteiger partial charge is 0.305 e. The lowest BCUT2D eigenvalue weighted by Crippen LogP contribution is -2.39. The summed E-state index contributed by atoms with van der Waals surface area (Å²) in [4.78, 5) is 21.7. The van der Waals surface area contributed by atoms with E-state index in [1.165, 1.54) is 0 Å². The summed E-state index contributed by atoms with van der Waals surface area (Å²) in [5.41, 5.74) is 0. The van der Waals surface area contributed by atoms with Gasteiger partial charge in [-0.2, -0.15) is 0 Å². The first-order chi connectivity index (χ1) is 7.24. The molecule has 6 nitrogen and oxygen atoms in total. The minimum atomic E-state index is -3.37. The highest BCUT2D eigenvalue weighted by Gasteiger charge is 2.17. The quantitative estimate of drug-likeness (QED) is 0.652. The van der Waals surface area contributed by atoms with E-state index in [4.69, 9.17) is 5.11 Å². The Balaban J connectivity index is 4.28. The molecule has 0 spiro atoms. The third-order valence-electron chi connectivity index (χ3n) is 1.82. The molecule has 0 saturated carbocycles. The first-order valence-electron chi connectivity index (χ1n) is 4.93. The van der Waals surface area contributed by atoms with Crippen molar-refractivity contribution < 1.29 is 23.1 Å². The molecule has 94 valence electrons. The largest absolute Gasteiger partial charge is 0.481 e. The number of hydrogen-bond acceptors (Lipinski definition) is 4. The van der Waals surface area contributed by atoms with Crippen LogP contribution >= 0.6 is 0 Å². The maximum atomic E-state index is 11.2. The minimum Gasteiger partial charge on any atom is -0.481 e. The Kier molecular flexibility index (Phi) is 6.02. The van der Waals surface area contributed by atoms with Gasteiger partial charge in [-0.1, -0.05) is 13.3 Å². The van der Waals surface area contributed by atoms with E-state index in [0.29, 0.717) is 6.42 Å². The Labute approximate surface area is 95.0 Å². The second kappa shape index (κ2) is 6.47. The highest BCUT2D eigenvalue weighted by molar-refractivity contribution is 7.91. The molecule has 2 N–H and O–H groups in total. The predicted octanol–water partition coefficient (Wildman–Crippen LogP) is -0.209. The van der Waals surface area contributed by atoms with Crippen LogP contribution in [0.25, 0.3) is 0 Å². The third kappa shape index (κ3) is 8.22. The molecular formula is C9H17NO5S. The van der Waals surface area contributed by atoms with Gasteiger partial charge < -0.3 is 10.4 Å². The lowest BCUT2D eigenvalue weighted by atomic mass is 10.1. The summed E-state index contributed by atoms with van der Waals surface area (Å²) in [6.07, 6.45) is 2.00. The molecule has 0 aliphatic carbocycles. The Morgan fingerprint density at radius 1 is 1.38 bits per heavy atom. The van der Waals surface area contributed by atoms with Crippen LogP contribution in [-0.2, 0) is 19.4 Å². The zero-order chi connectivity index (χ0) is 12.8. The monoisotopic (exact) mass is 251 g/mol. The Bertz CT molecular complexity index is 349. The number of carbonyl (C=O) groups excluding carboxylic acids is 1. The van der Waals surface area contributed by atoms with Crippen LogP contribution in [0.4, 0.5) is 0 Å². The van der Waals surface area contributed by atoms with E-state index < -0.39 is 33.5 Å². The molecule has 0 aromatic rings. The van der Waals surface area contributed by atoms with Gasteiger partial charge in [-0.3, -0.25) is 9.59 Å². The van der Waals surface area contributed by atoms with Gasteiger partial charge in [0.05, 0.1) is 6.42 Å². The van der Waals surface area contributed by atoms with Crippen LogP contribution < -0.4 is 5.32 Å². The lowest BCUT2D eigenvalue weighted by molar-refractivity contribution is -0.137. The topological polar surface area (TPSA) is 101 Å². The molecule has 0 bridgehead atoms. The lowest BCUT2D eigenvalue weighted by Gasteiger charge is -2.15. The third-order valence-corrected chi connectivity index (χ3v) is 2.60. The number of sulfone groups is 1. The number of hydrogen-bond donors (Lipinski definition) is 2. The highest BCUT2D eigenvalue weighted by atomic mass is 32.2. The first-order valence-corrected chi connectivity index (χ1v) is 6.99. The number of carboxylic acids is 1. The molecule has 0 aliphatic heterocycles. The van der Waals surface area contributed by atoms with Crippen LogP contribution in [0.15, 0.2) is 0 Å². The van der Waals surface area contributed by atoms with Crippen LogP contribution in [0.1, 0.15) is 26.2 Å². The summed E-state index contributed by atoms with van der Waals surface area (Å²) in [5.74, 6) is -2.27. The van der Waals surface area contributed by atoms with Crippen LogP contribution in [0, 0.1) is 0 Å². The molecule has 1 atom stereocenters. The Morgan fingerprint density at radius 2 is 1.94 bits per heavy atom. The van der Waals surface area contributed by atoms with Crippen molar-refractivity contribution >= 4 is 21.7 Å². The summed E-state index contributed by atoms with van der Waals surface area (Å²) in [7, 11) is -3.37. The number of amides is 1. The Morgan fingerprint density at radius 3 is 2.31 bits per heavy atom. The van der Waals surface area contributed by atoms with Gasteiger partial charge in [0, 0.05) is 12.3 Å². The summed E-state index contributed by atoms with van der Waals surface area (Å²) in [6, 6.07) is -0.503. The molecule has 1 amide bonds. The summed E-state index contributed by atoms with van der Waals surface area (Å²) in [5, 5.41) is 11.0.